The van der Waals surface area contributed by atoms with Crippen LogP contribution in [0, 0.1) is 17.8 Å². The molecule has 0 amide bonds. The lowest BCUT2D eigenvalue weighted by Gasteiger charge is -2.45. The maximum absolute atomic E-state index is 13.1. The second-order valence-corrected chi connectivity index (χ2v) is 7.43. The molecule has 2 fully saturated rings. The Morgan fingerprint density at radius 2 is 1.37 bits per heavy atom. The smallest absolute Gasteiger partial charge is 0.156 e. The molecule has 0 unspecified atom stereocenters. The van der Waals surface area contributed by atoms with Crippen molar-refractivity contribution in [1.82, 2.24) is 4.90 Å². The molecule has 0 bridgehead atoms. The third-order valence-corrected chi connectivity index (χ3v) is 5.80. The van der Waals surface area contributed by atoms with Crippen LogP contribution in [-0.4, -0.2) is 30.3 Å². The Labute approximate surface area is 118 Å². The standard InChI is InChI=1S/C17H31NO/c1-13-5-7-15(8-6-13)16(19)17(18(3)4)11-9-14(2)10-12-17/h13-15H,5-12H2,1-4H3. The van der Waals surface area contributed by atoms with Gasteiger partial charge in [0.1, 0.15) is 0 Å². The molecule has 0 saturated heterocycles. The summed E-state index contributed by atoms with van der Waals surface area (Å²) in [5.74, 6) is 2.53. The van der Waals surface area contributed by atoms with Gasteiger partial charge in [0.15, 0.2) is 5.78 Å². The van der Waals surface area contributed by atoms with Crippen LogP contribution in [0.2, 0.25) is 0 Å². The third-order valence-electron chi connectivity index (χ3n) is 5.80. The monoisotopic (exact) mass is 265 g/mol. The van der Waals surface area contributed by atoms with Crippen LogP contribution in [0.3, 0.4) is 0 Å². The first-order valence-corrected chi connectivity index (χ1v) is 8.17. The van der Waals surface area contributed by atoms with Crippen LogP contribution in [0.4, 0.5) is 0 Å². The van der Waals surface area contributed by atoms with E-state index in [9.17, 15) is 4.79 Å². The fourth-order valence-electron chi connectivity index (χ4n) is 4.06. The molecule has 0 radical (unpaired) electrons. The molecule has 0 aromatic carbocycles. The lowest BCUT2D eigenvalue weighted by atomic mass is 9.68. The van der Waals surface area contributed by atoms with E-state index in [1.807, 2.05) is 0 Å². The summed E-state index contributed by atoms with van der Waals surface area (Å²) >= 11 is 0. The van der Waals surface area contributed by atoms with Gasteiger partial charge in [0.05, 0.1) is 5.54 Å². The maximum atomic E-state index is 13.1. The molecule has 2 saturated carbocycles. The first-order chi connectivity index (χ1) is 8.95. The molecule has 2 nitrogen and oxygen atoms in total. The highest BCUT2D eigenvalue weighted by atomic mass is 16.1. The summed E-state index contributed by atoms with van der Waals surface area (Å²) in [5.41, 5.74) is -0.141. The number of Topliss-reactive ketones (excluding diaryl/α,β-unsaturated/α-hetero) is 1. The van der Waals surface area contributed by atoms with Crippen molar-refractivity contribution in [3.8, 4) is 0 Å². The molecule has 0 spiro atoms. The number of hydrogen-bond acceptors (Lipinski definition) is 2. The van der Waals surface area contributed by atoms with Gasteiger partial charge in [-0.05, 0) is 64.5 Å². The van der Waals surface area contributed by atoms with E-state index in [0.29, 0.717) is 11.7 Å². The lowest BCUT2D eigenvalue weighted by molar-refractivity contribution is -0.138. The minimum atomic E-state index is -0.141. The van der Waals surface area contributed by atoms with Crippen LogP contribution in [0.5, 0.6) is 0 Å². The minimum absolute atomic E-state index is 0.141. The number of nitrogens with zero attached hydrogens (tertiary/aromatic N) is 1. The minimum Gasteiger partial charge on any atom is -0.297 e. The van der Waals surface area contributed by atoms with Gasteiger partial charge in [0, 0.05) is 5.92 Å². The number of hydrogen-bond donors (Lipinski definition) is 0. The van der Waals surface area contributed by atoms with Gasteiger partial charge in [0.2, 0.25) is 0 Å². The molecule has 0 aliphatic heterocycles. The van der Waals surface area contributed by atoms with Gasteiger partial charge in [-0.15, -0.1) is 0 Å². The van der Waals surface area contributed by atoms with Gasteiger partial charge in [-0.2, -0.15) is 0 Å². The van der Waals surface area contributed by atoms with Crippen molar-refractivity contribution in [1.29, 1.82) is 0 Å². The van der Waals surface area contributed by atoms with E-state index >= 15 is 0 Å². The van der Waals surface area contributed by atoms with Gasteiger partial charge < -0.3 is 0 Å². The fourth-order valence-corrected chi connectivity index (χ4v) is 4.06. The molecule has 2 aliphatic rings. The van der Waals surface area contributed by atoms with Crippen LogP contribution in [0.25, 0.3) is 0 Å². The summed E-state index contributed by atoms with van der Waals surface area (Å²) in [5, 5.41) is 0. The number of likely N-dealkylation sites (N-methyl/N-ethyl adjacent to an activating group) is 1. The summed E-state index contributed by atoms with van der Waals surface area (Å²) in [6.07, 6.45) is 9.33. The largest absolute Gasteiger partial charge is 0.297 e. The van der Waals surface area contributed by atoms with Crippen LogP contribution < -0.4 is 0 Å². The highest BCUT2D eigenvalue weighted by Crippen LogP contribution is 2.40. The summed E-state index contributed by atoms with van der Waals surface area (Å²) < 4.78 is 0. The normalized spacial score (nSPS) is 40.4. The Balaban J connectivity index is 2.08. The molecular formula is C17H31NO. The molecule has 0 heterocycles. The highest BCUT2D eigenvalue weighted by molar-refractivity contribution is 5.90. The van der Waals surface area contributed by atoms with Crippen LogP contribution in [0.15, 0.2) is 0 Å². The topological polar surface area (TPSA) is 20.3 Å². The highest BCUT2D eigenvalue weighted by Gasteiger charge is 2.45. The molecule has 0 atom stereocenters. The SMILES string of the molecule is CC1CCC(C(=O)C2(N(C)C)CCC(C)CC2)CC1. The zero-order chi connectivity index (χ0) is 14.0. The third kappa shape index (κ3) is 3.04. The van der Waals surface area contributed by atoms with Gasteiger partial charge >= 0.3 is 0 Å². The fraction of sp³-hybridized carbons (Fsp3) is 0.941. The number of carbonyl (C=O) groups excluding carboxylic acids is 1. The van der Waals surface area contributed by atoms with E-state index in [2.05, 4.69) is 32.8 Å². The quantitative estimate of drug-likeness (QED) is 0.771. The zero-order valence-corrected chi connectivity index (χ0v) is 13.2. The molecule has 0 aromatic rings. The molecule has 0 N–H and O–H groups in total. The van der Waals surface area contributed by atoms with Crippen molar-refractivity contribution in [3.63, 3.8) is 0 Å². The molecule has 2 heteroatoms. The summed E-state index contributed by atoms with van der Waals surface area (Å²) in [6, 6.07) is 0. The second kappa shape index (κ2) is 5.95. The van der Waals surface area contributed by atoms with E-state index in [0.717, 1.165) is 37.5 Å². The molecule has 2 rings (SSSR count). The van der Waals surface area contributed by atoms with E-state index in [4.69, 9.17) is 0 Å². The van der Waals surface area contributed by atoms with Crippen molar-refractivity contribution >= 4 is 5.78 Å². The average molecular weight is 265 g/mol. The Morgan fingerprint density at radius 3 is 1.84 bits per heavy atom. The van der Waals surface area contributed by atoms with Crippen molar-refractivity contribution in [2.45, 2.75) is 70.8 Å². The first kappa shape index (κ1) is 15.0. The molecule has 2 aliphatic carbocycles. The summed E-state index contributed by atoms with van der Waals surface area (Å²) in [6.45, 7) is 4.65. The summed E-state index contributed by atoms with van der Waals surface area (Å²) in [4.78, 5) is 15.3. The van der Waals surface area contributed by atoms with Crippen LogP contribution in [0.1, 0.15) is 65.2 Å². The van der Waals surface area contributed by atoms with Crippen LogP contribution >= 0.6 is 0 Å². The number of carbonyl (C=O) groups is 1. The number of ketones is 1. The Hall–Kier alpha value is -0.370. The van der Waals surface area contributed by atoms with Gasteiger partial charge in [-0.25, -0.2) is 0 Å². The van der Waals surface area contributed by atoms with E-state index in [-0.39, 0.29) is 5.54 Å². The molecule has 110 valence electrons. The number of rotatable bonds is 3. The molecular weight excluding hydrogens is 234 g/mol. The second-order valence-electron chi connectivity index (χ2n) is 7.43. The predicted octanol–water partition coefficient (Wildman–Crippen LogP) is 3.89. The van der Waals surface area contributed by atoms with E-state index in [1.165, 1.54) is 25.7 Å². The van der Waals surface area contributed by atoms with E-state index < -0.39 is 0 Å². The maximum Gasteiger partial charge on any atom is 0.156 e. The average Bonchev–Trinajstić information content (AvgIpc) is 2.39. The van der Waals surface area contributed by atoms with Crippen molar-refractivity contribution in [2.24, 2.45) is 17.8 Å². The van der Waals surface area contributed by atoms with E-state index in [1.54, 1.807) is 0 Å². The first-order valence-electron chi connectivity index (χ1n) is 8.17. The molecule has 0 aromatic heterocycles. The Bertz CT molecular complexity index is 307. The van der Waals surface area contributed by atoms with Crippen molar-refractivity contribution < 1.29 is 4.79 Å². The summed E-state index contributed by atoms with van der Waals surface area (Å²) in [7, 11) is 4.22. The Kier molecular flexibility index (Phi) is 4.70. The van der Waals surface area contributed by atoms with Crippen LogP contribution in [-0.2, 0) is 4.79 Å². The molecule has 19 heavy (non-hydrogen) atoms. The van der Waals surface area contributed by atoms with Gasteiger partial charge in [-0.3, -0.25) is 9.69 Å². The Morgan fingerprint density at radius 1 is 0.895 bits per heavy atom. The lowest BCUT2D eigenvalue weighted by Crippen LogP contribution is -2.55. The van der Waals surface area contributed by atoms with Gasteiger partial charge in [0.25, 0.3) is 0 Å². The zero-order valence-electron chi connectivity index (χ0n) is 13.2. The predicted molar refractivity (Wildman–Crippen MR) is 80.2 cm³/mol. The van der Waals surface area contributed by atoms with Crippen molar-refractivity contribution in [2.75, 3.05) is 14.1 Å². The van der Waals surface area contributed by atoms with Gasteiger partial charge in [-0.1, -0.05) is 26.7 Å². The van der Waals surface area contributed by atoms with Crippen molar-refractivity contribution in [3.05, 3.63) is 0 Å².